The summed E-state index contributed by atoms with van der Waals surface area (Å²) in [6, 6.07) is 9.36. The fraction of sp³-hybridized carbons (Fsp3) is 0.586. The number of fused-ring (bicyclic) bond motifs is 3. The van der Waals surface area contributed by atoms with Crippen molar-refractivity contribution < 1.29 is 14.6 Å². The normalized spacial score (nSPS) is 35.8. The Morgan fingerprint density at radius 2 is 1.97 bits per heavy atom. The zero-order chi connectivity index (χ0) is 24.2. The predicted octanol–water partition coefficient (Wildman–Crippen LogP) is 2.67. The van der Waals surface area contributed by atoms with Gasteiger partial charge in [-0.05, 0) is 75.1 Å². The minimum atomic E-state index is -0.152. The molecule has 1 N–H and O–H groups in total. The Morgan fingerprint density at radius 3 is 2.81 bits per heavy atom. The third kappa shape index (κ3) is 2.57. The molecule has 0 radical (unpaired) electrons. The van der Waals surface area contributed by atoms with E-state index in [-0.39, 0.29) is 46.7 Å². The van der Waals surface area contributed by atoms with Crippen LogP contribution in [0.4, 0.5) is 0 Å². The van der Waals surface area contributed by atoms with Gasteiger partial charge in [0.05, 0.1) is 6.04 Å². The molecule has 2 spiro atoms. The first-order valence-corrected chi connectivity index (χ1v) is 13.7. The molecule has 1 amide bonds. The zero-order valence-corrected chi connectivity index (χ0v) is 20.6. The molecule has 3 saturated heterocycles. The number of phenolic OH excluding ortho intramolecular Hbond substituents is 1. The van der Waals surface area contributed by atoms with Crippen LogP contribution in [-0.4, -0.2) is 63.2 Å². The van der Waals surface area contributed by atoms with E-state index in [1.165, 1.54) is 41.1 Å². The summed E-state index contributed by atoms with van der Waals surface area (Å²) in [4.78, 5) is 30.9. The summed E-state index contributed by atoms with van der Waals surface area (Å²) in [7, 11) is 0. The second-order valence-corrected chi connectivity index (χ2v) is 12.1. The van der Waals surface area contributed by atoms with Crippen LogP contribution in [0, 0.1) is 11.3 Å². The molecule has 0 unspecified atom stereocenters. The Labute approximate surface area is 210 Å². The van der Waals surface area contributed by atoms with Gasteiger partial charge in [-0.2, -0.15) is 0 Å². The van der Waals surface area contributed by atoms with Crippen LogP contribution in [0.15, 0.2) is 41.3 Å². The molecule has 4 aliphatic heterocycles. The molecule has 7 heteroatoms. The van der Waals surface area contributed by atoms with Crippen molar-refractivity contribution in [3.63, 3.8) is 0 Å². The lowest BCUT2D eigenvalue weighted by atomic mass is 9.42. The molecule has 9 rings (SSSR count). The average molecular weight is 488 g/mol. The highest BCUT2D eigenvalue weighted by Crippen LogP contribution is 2.71. The summed E-state index contributed by atoms with van der Waals surface area (Å²) in [5, 5.41) is 10.9. The molecule has 5 fully saturated rings. The molecule has 7 aliphatic rings. The molecule has 4 bridgehead atoms. The SMILES string of the molecule is O=C(Cn1ccccc1=O)N1CC[C@@]23CC[C@@H]1[C@@H]1Oc4c(O)ccc5c4[C@@]12CCN(CC1CC1)[C@@H]3C5. The van der Waals surface area contributed by atoms with E-state index >= 15 is 0 Å². The number of likely N-dealkylation sites (tertiary alicyclic amines) is 1. The average Bonchev–Trinajstić information content (AvgIpc) is 3.66. The van der Waals surface area contributed by atoms with Gasteiger partial charge in [-0.25, -0.2) is 0 Å². The number of aromatic nitrogens is 1. The maximum atomic E-state index is 13.8. The Kier molecular flexibility index (Phi) is 4.23. The number of nitrogens with zero attached hydrogens (tertiary/aromatic N) is 3. The monoisotopic (exact) mass is 487 g/mol. The van der Waals surface area contributed by atoms with Gasteiger partial charge in [-0.1, -0.05) is 12.1 Å². The molecule has 5 atom stereocenters. The molecule has 7 nitrogen and oxygen atoms in total. The minimum Gasteiger partial charge on any atom is -0.504 e. The number of ether oxygens (including phenoxy) is 1. The molecule has 2 saturated carbocycles. The number of aromatic hydroxyl groups is 1. The Morgan fingerprint density at radius 1 is 1.08 bits per heavy atom. The lowest BCUT2D eigenvalue weighted by Crippen LogP contribution is -2.72. The van der Waals surface area contributed by atoms with Gasteiger partial charge in [0, 0.05) is 47.8 Å². The fourth-order valence-corrected chi connectivity index (χ4v) is 9.13. The van der Waals surface area contributed by atoms with Gasteiger partial charge >= 0.3 is 0 Å². The van der Waals surface area contributed by atoms with E-state index < -0.39 is 0 Å². The van der Waals surface area contributed by atoms with Crippen LogP contribution in [0.1, 0.15) is 49.7 Å². The van der Waals surface area contributed by atoms with Crippen molar-refractivity contribution in [2.24, 2.45) is 11.3 Å². The summed E-state index contributed by atoms with van der Waals surface area (Å²) in [6.45, 7) is 3.03. The van der Waals surface area contributed by atoms with Gasteiger partial charge in [-0.15, -0.1) is 0 Å². The van der Waals surface area contributed by atoms with E-state index in [0.717, 1.165) is 44.6 Å². The summed E-state index contributed by atoms with van der Waals surface area (Å²) < 4.78 is 8.28. The third-order valence-electron chi connectivity index (χ3n) is 10.7. The number of rotatable bonds is 4. The van der Waals surface area contributed by atoms with Crippen molar-refractivity contribution in [2.75, 3.05) is 19.6 Å². The first-order chi connectivity index (χ1) is 17.5. The maximum absolute atomic E-state index is 13.8. The van der Waals surface area contributed by atoms with Crippen LogP contribution < -0.4 is 10.3 Å². The molecular formula is C29H33N3O4. The van der Waals surface area contributed by atoms with Crippen LogP contribution >= 0.6 is 0 Å². The quantitative estimate of drug-likeness (QED) is 0.718. The van der Waals surface area contributed by atoms with Gasteiger partial charge in [-0.3, -0.25) is 14.5 Å². The van der Waals surface area contributed by atoms with Crippen LogP contribution in [0.25, 0.3) is 0 Å². The summed E-state index contributed by atoms with van der Waals surface area (Å²) >= 11 is 0. The molecule has 3 aliphatic carbocycles. The number of carbonyl (C=O) groups is 1. The number of hydrogen-bond acceptors (Lipinski definition) is 5. The number of carbonyl (C=O) groups excluding carboxylic acids is 1. The lowest BCUT2D eigenvalue weighted by molar-refractivity contribution is -0.144. The molecule has 2 aromatic rings. The zero-order valence-electron chi connectivity index (χ0n) is 20.6. The number of piperidine rings is 1. The first kappa shape index (κ1) is 21.3. The van der Waals surface area contributed by atoms with E-state index in [1.807, 2.05) is 11.0 Å². The topological polar surface area (TPSA) is 75.0 Å². The van der Waals surface area contributed by atoms with Crippen LogP contribution in [0.3, 0.4) is 0 Å². The first-order valence-electron chi connectivity index (χ1n) is 13.7. The van der Waals surface area contributed by atoms with E-state index in [9.17, 15) is 14.7 Å². The van der Waals surface area contributed by atoms with Gasteiger partial charge in [0.2, 0.25) is 5.91 Å². The minimum absolute atomic E-state index is 0.00576. The number of phenols is 1. The predicted molar refractivity (Wildman–Crippen MR) is 133 cm³/mol. The van der Waals surface area contributed by atoms with Crippen molar-refractivity contribution in [3.8, 4) is 11.5 Å². The van der Waals surface area contributed by atoms with Crippen molar-refractivity contribution in [1.29, 1.82) is 0 Å². The number of pyridine rings is 1. The third-order valence-corrected chi connectivity index (χ3v) is 10.7. The van der Waals surface area contributed by atoms with Gasteiger partial charge in [0.15, 0.2) is 11.5 Å². The van der Waals surface area contributed by atoms with E-state index in [2.05, 4.69) is 11.0 Å². The van der Waals surface area contributed by atoms with Gasteiger partial charge in [0.25, 0.3) is 5.56 Å². The largest absolute Gasteiger partial charge is 0.504 e. The summed E-state index contributed by atoms with van der Waals surface area (Å²) in [6.07, 6.45) is 9.26. The Hall–Kier alpha value is -2.80. The van der Waals surface area contributed by atoms with Gasteiger partial charge in [0.1, 0.15) is 12.6 Å². The molecular weight excluding hydrogens is 454 g/mol. The standard InChI is InChI=1S/C29H33N3O4/c33-21-7-6-19-15-22-28-9-8-20(32(14-10-28)24(35)17-31-12-2-1-3-23(31)34)27-29(28,25(19)26(21)36-27)11-13-30(22)16-18-4-5-18/h1-3,6-7,12,18,20,22,27,33H,4-5,8-11,13-17H2/t20-,22-,27+,28-,29+/m1/s1. The van der Waals surface area contributed by atoms with Crippen LogP contribution in [-0.2, 0) is 23.2 Å². The van der Waals surface area contributed by atoms with Crippen molar-refractivity contribution in [3.05, 3.63) is 58.0 Å². The second-order valence-electron chi connectivity index (χ2n) is 12.1. The number of amides is 1. The van der Waals surface area contributed by atoms with Crippen LogP contribution in [0.5, 0.6) is 11.5 Å². The highest BCUT2D eigenvalue weighted by atomic mass is 16.5. The van der Waals surface area contributed by atoms with Crippen molar-refractivity contribution in [2.45, 2.75) is 75.1 Å². The summed E-state index contributed by atoms with van der Waals surface area (Å²) in [5.41, 5.74) is 2.34. The highest BCUT2D eigenvalue weighted by molar-refractivity contribution is 5.77. The lowest BCUT2D eigenvalue weighted by Gasteiger charge is -2.66. The van der Waals surface area contributed by atoms with Crippen LogP contribution in [0.2, 0.25) is 0 Å². The van der Waals surface area contributed by atoms with E-state index in [0.29, 0.717) is 18.3 Å². The van der Waals surface area contributed by atoms with Gasteiger partial charge < -0.3 is 19.3 Å². The Bertz CT molecular complexity index is 1330. The second kappa shape index (κ2) is 7.15. The number of benzene rings is 1. The van der Waals surface area contributed by atoms with Crippen molar-refractivity contribution in [1.82, 2.24) is 14.4 Å². The molecule has 1 aromatic heterocycles. The number of hydrogen-bond donors (Lipinski definition) is 1. The van der Waals surface area contributed by atoms with E-state index in [1.54, 1.807) is 18.3 Å². The molecule has 5 heterocycles. The van der Waals surface area contributed by atoms with Crippen molar-refractivity contribution >= 4 is 5.91 Å². The summed E-state index contributed by atoms with van der Waals surface area (Å²) in [5.74, 6) is 1.75. The fourth-order valence-electron chi connectivity index (χ4n) is 9.13. The smallest absolute Gasteiger partial charge is 0.250 e. The molecule has 1 aromatic carbocycles. The molecule has 36 heavy (non-hydrogen) atoms. The molecule has 188 valence electrons. The highest BCUT2D eigenvalue weighted by Gasteiger charge is 2.74. The Balaban J connectivity index is 1.24. The van der Waals surface area contributed by atoms with E-state index in [4.69, 9.17) is 4.74 Å². The maximum Gasteiger partial charge on any atom is 0.250 e.